The van der Waals surface area contributed by atoms with Gasteiger partial charge in [-0.05, 0) is 19.1 Å². The zero-order chi connectivity index (χ0) is 12.3. The van der Waals surface area contributed by atoms with Gasteiger partial charge in [0.1, 0.15) is 0 Å². The maximum atomic E-state index is 13.2. The lowest BCUT2D eigenvalue weighted by Gasteiger charge is -2.13. The number of esters is 1. The fraction of sp³-hybridized carbons (Fsp3) is 0.300. The first-order valence-corrected chi connectivity index (χ1v) is 5.14. The quantitative estimate of drug-likeness (QED) is 0.635. The summed E-state index contributed by atoms with van der Waals surface area (Å²) >= 11 is 2.99. The standard InChI is InChI=1S/C10H9BrF2O3/c1-5(10(14)15-2)16-8-4-6(11)3-7(12)9(8)13/h3-5H,1-2H3/t5-/m1/s1. The first kappa shape index (κ1) is 12.9. The second kappa shape index (κ2) is 5.25. The first-order chi connectivity index (χ1) is 7.45. The lowest BCUT2D eigenvalue weighted by molar-refractivity contribution is -0.148. The molecule has 0 bridgehead atoms. The third-order valence-electron chi connectivity index (χ3n) is 1.80. The van der Waals surface area contributed by atoms with Crippen LogP contribution in [0.4, 0.5) is 8.78 Å². The van der Waals surface area contributed by atoms with Crippen molar-refractivity contribution in [2.75, 3.05) is 7.11 Å². The van der Waals surface area contributed by atoms with Crippen molar-refractivity contribution in [3.05, 3.63) is 28.2 Å². The predicted octanol–water partition coefficient (Wildman–Crippen LogP) is 2.67. The van der Waals surface area contributed by atoms with Gasteiger partial charge in [-0.3, -0.25) is 0 Å². The molecule has 0 aromatic heterocycles. The highest BCUT2D eigenvalue weighted by Crippen LogP contribution is 2.26. The topological polar surface area (TPSA) is 35.5 Å². The minimum absolute atomic E-state index is 0.318. The highest BCUT2D eigenvalue weighted by atomic mass is 79.9. The van der Waals surface area contributed by atoms with Crippen LogP contribution in [0.3, 0.4) is 0 Å². The fourth-order valence-corrected chi connectivity index (χ4v) is 1.43. The van der Waals surface area contributed by atoms with Gasteiger partial charge in [0, 0.05) is 4.47 Å². The number of halogens is 3. The summed E-state index contributed by atoms with van der Waals surface area (Å²) < 4.78 is 35.9. The molecule has 0 saturated heterocycles. The molecular formula is C10H9BrF2O3. The molecule has 0 fully saturated rings. The Bertz CT molecular complexity index is 409. The van der Waals surface area contributed by atoms with Crippen molar-refractivity contribution in [2.45, 2.75) is 13.0 Å². The number of hydrogen-bond acceptors (Lipinski definition) is 3. The minimum Gasteiger partial charge on any atom is -0.476 e. The van der Waals surface area contributed by atoms with E-state index < -0.39 is 23.7 Å². The van der Waals surface area contributed by atoms with Crippen molar-refractivity contribution in [1.82, 2.24) is 0 Å². The molecule has 0 heterocycles. The van der Waals surface area contributed by atoms with Crippen molar-refractivity contribution in [3.8, 4) is 5.75 Å². The summed E-state index contributed by atoms with van der Waals surface area (Å²) in [5, 5.41) is 0. The second-order valence-electron chi connectivity index (χ2n) is 2.98. The normalized spacial score (nSPS) is 12.1. The van der Waals surface area contributed by atoms with Crippen LogP contribution in [-0.2, 0) is 9.53 Å². The molecule has 16 heavy (non-hydrogen) atoms. The number of benzene rings is 1. The Morgan fingerprint density at radius 2 is 2.06 bits per heavy atom. The summed E-state index contributed by atoms with van der Waals surface area (Å²) in [4.78, 5) is 11.0. The molecule has 0 radical (unpaired) electrons. The van der Waals surface area contributed by atoms with Crippen LogP contribution in [0.2, 0.25) is 0 Å². The number of hydrogen-bond donors (Lipinski definition) is 0. The summed E-state index contributed by atoms with van der Waals surface area (Å²) in [6.07, 6.45) is -1.01. The van der Waals surface area contributed by atoms with Crippen LogP contribution in [0.25, 0.3) is 0 Å². The van der Waals surface area contributed by atoms with Crippen LogP contribution in [0, 0.1) is 11.6 Å². The maximum absolute atomic E-state index is 13.2. The molecule has 1 rings (SSSR count). The van der Waals surface area contributed by atoms with Gasteiger partial charge in [-0.25, -0.2) is 9.18 Å². The van der Waals surface area contributed by atoms with Crippen LogP contribution < -0.4 is 4.74 Å². The van der Waals surface area contributed by atoms with E-state index in [1.165, 1.54) is 20.1 Å². The Morgan fingerprint density at radius 3 is 2.62 bits per heavy atom. The van der Waals surface area contributed by atoms with Crippen molar-refractivity contribution in [3.63, 3.8) is 0 Å². The lowest BCUT2D eigenvalue weighted by Crippen LogP contribution is -2.25. The number of carbonyl (C=O) groups is 1. The zero-order valence-corrected chi connectivity index (χ0v) is 10.2. The zero-order valence-electron chi connectivity index (χ0n) is 8.59. The summed E-state index contributed by atoms with van der Waals surface area (Å²) in [6.45, 7) is 1.38. The van der Waals surface area contributed by atoms with Gasteiger partial charge >= 0.3 is 5.97 Å². The second-order valence-corrected chi connectivity index (χ2v) is 3.90. The Labute approximate surface area is 99.5 Å². The highest BCUT2D eigenvalue weighted by molar-refractivity contribution is 9.10. The molecule has 0 saturated carbocycles. The van der Waals surface area contributed by atoms with E-state index in [1.54, 1.807) is 0 Å². The molecule has 0 amide bonds. The molecule has 0 unspecified atom stereocenters. The van der Waals surface area contributed by atoms with Gasteiger partial charge in [-0.1, -0.05) is 15.9 Å². The monoisotopic (exact) mass is 294 g/mol. The van der Waals surface area contributed by atoms with Crippen molar-refractivity contribution < 1.29 is 23.0 Å². The number of methoxy groups -OCH3 is 1. The molecular weight excluding hydrogens is 286 g/mol. The molecule has 1 aromatic carbocycles. The summed E-state index contributed by atoms with van der Waals surface area (Å²) in [7, 11) is 1.18. The van der Waals surface area contributed by atoms with E-state index in [0.29, 0.717) is 4.47 Å². The van der Waals surface area contributed by atoms with Crippen LogP contribution in [0.15, 0.2) is 16.6 Å². The molecule has 3 nitrogen and oxygen atoms in total. The molecule has 88 valence electrons. The van der Waals surface area contributed by atoms with Gasteiger partial charge < -0.3 is 9.47 Å². The summed E-state index contributed by atoms with van der Waals surface area (Å²) in [6, 6.07) is 2.20. The first-order valence-electron chi connectivity index (χ1n) is 4.34. The third kappa shape index (κ3) is 2.91. The van der Waals surface area contributed by atoms with Crippen molar-refractivity contribution in [2.24, 2.45) is 0 Å². The fourth-order valence-electron chi connectivity index (χ4n) is 1.02. The molecule has 0 aliphatic heterocycles. The maximum Gasteiger partial charge on any atom is 0.346 e. The van der Waals surface area contributed by atoms with Crippen LogP contribution in [-0.4, -0.2) is 19.2 Å². The largest absolute Gasteiger partial charge is 0.476 e. The summed E-state index contributed by atoms with van der Waals surface area (Å²) in [5.41, 5.74) is 0. The molecule has 0 aliphatic carbocycles. The smallest absolute Gasteiger partial charge is 0.346 e. The average Bonchev–Trinajstić information content (AvgIpc) is 2.23. The van der Waals surface area contributed by atoms with E-state index in [-0.39, 0.29) is 5.75 Å². The molecule has 1 aromatic rings. The predicted molar refractivity (Wildman–Crippen MR) is 56.2 cm³/mol. The Morgan fingerprint density at radius 1 is 1.44 bits per heavy atom. The van der Waals surface area contributed by atoms with E-state index in [9.17, 15) is 13.6 Å². The van der Waals surface area contributed by atoms with Crippen molar-refractivity contribution in [1.29, 1.82) is 0 Å². The van der Waals surface area contributed by atoms with Crippen LogP contribution in [0.1, 0.15) is 6.92 Å². The Hall–Kier alpha value is -1.17. The molecule has 0 aliphatic rings. The van der Waals surface area contributed by atoms with Crippen molar-refractivity contribution >= 4 is 21.9 Å². The number of ether oxygens (including phenoxy) is 2. The molecule has 6 heteroatoms. The average molecular weight is 295 g/mol. The van der Waals surface area contributed by atoms with Gasteiger partial charge in [-0.15, -0.1) is 0 Å². The van der Waals surface area contributed by atoms with E-state index in [1.807, 2.05) is 0 Å². The minimum atomic E-state index is -1.14. The SMILES string of the molecule is COC(=O)[C@@H](C)Oc1cc(Br)cc(F)c1F. The number of rotatable bonds is 3. The molecule has 0 spiro atoms. The van der Waals surface area contributed by atoms with E-state index in [0.717, 1.165) is 6.07 Å². The summed E-state index contributed by atoms with van der Waals surface area (Å²) in [5.74, 6) is -3.20. The van der Waals surface area contributed by atoms with Gasteiger partial charge in [-0.2, -0.15) is 4.39 Å². The molecule has 0 N–H and O–H groups in total. The lowest BCUT2D eigenvalue weighted by atomic mass is 10.3. The van der Waals surface area contributed by atoms with Gasteiger partial charge in [0.05, 0.1) is 7.11 Å². The Balaban J connectivity index is 2.93. The van der Waals surface area contributed by atoms with Gasteiger partial charge in [0.15, 0.2) is 17.7 Å². The van der Waals surface area contributed by atoms with Gasteiger partial charge in [0.25, 0.3) is 0 Å². The van der Waals surface area contributed by atoms with Gasteiger partial charge in [0.2, 0.25) is 5.82 Å². The molecule has 1 atom stereocenters. The Kier molecular flexibility index (Phi) is 4.23. The van der Waals surface area contributed by atoms with Crippen LogP contribution in [0.5, 0.6) is 5.75 Å². The van der Waals surface area contributed by atoms with Crippen LogP contribution >= 0.6 is 15.9 Å². The van der Waals surface area contributed by atoms with E-state index in [4.69, 9.17) is 4.74 Å². The third-order valence-corrected chi connectivity index (χ3v) is 2.25. The highest BCUT2D eigenvalue weighted by Gasteiger charge is 2.19. The van der Waals surface area contributed by atoms with E-state index in [2.05, 4.69) is 20.7 Å². The van der Waals surface area contributed by atoms with E-state index >= 15 is 0 Å². The number of carbonyl (C=O) groups excluding carboxylic acids is 1.